The van der Waals surface area contributed by atoms with Crippen molar-refractivity contribution in [2.24, 2.45) is 13.0 Å². The summed E-state index contributed by atoms with van der Waals surface area (Å²) in [6, 6.07) is 17.7. The first-order valence-electron chi connectivity index (χ1n) is 10.8. The molecule has 0 aliphatic carbocycles. The molecule has 0 bridgehead atoms. The number of Topliss-reactive ketones (excluding diaryl/α,β-unsaturated/α-hetero) is 1. The topological polar surface area (TPSA) is 97.7 Å². The van der Waals surface area contributed by atoms with E-state index in [2.05, 4.69) is 15.2 Å². The van der Waals surface area contributed by atoms with Gasteiger partial charge in [-0.05, 0) is 24.0 Å². The van der Waals surface area contributed by atoms with Gasteiger partial charge >= 0.3 is 0 Å². The Hall–Kier alpha value is -2.91. The highest BCUT2D eigenvalue weighted by Crippen LogP contribution is 2.32. The Bertz CT molecular complexity index is 1420. The first-order chi connectivity index (χ1) is 15.9. The molecular formula is C24H24N4O3S2. The number of sulfone groups is 1. The van der Waals surface area contributed by atoms with Crippen LogP contribution in [-0.2, 0) is 23.3 Å². The highest BCUT2D eigenvalue weighted by Gasteiger charge is 2.29. The van der Waals surface area contributed by atoms with Gasteiger partial charge in [0.05, 0.1) is 28.5 Å². The van der Waals surface area contributed by atoms with Gasteiger partial charge in [-0.1, -0.05) is 60.3 Å². The average molecular weight is 481 g/mol. The molecule has 7 nitrogen and oxygen atoms in total. The van der Waals surface area contributed by atoms with E-state index in [9.17, 15) is 13.2 Å². The highest BCUT2D eigenvalue weighted by molar-refractivity contribution is 7.99. The first-order valence-corrected chi connectivity index (χ1v) is 13.6. The Balaban J connectivity index is 1.36. The van der Waals surface area contributed by atoms with E-state index >= 15 is 0 Å². The molecule has 2 aromatic heterocycles. The Morgan fingerprint density at radius 1 is 1.12 bits per heavy atom. The lowest BCUT2D eigenvalue weighted by molar-refractivity contribution is 0.102. The summed E-state index contributed by atoms with van der Waals surface area (Å²) >= 11 is 1.35. The maximum Gasteiger partial charge on any atom is 0.191 e. The molecule has 1 fully saturated rings. The number of aromatic nitrogens is 4. The fourth-order valence-electron chi connectivity index (χ4n) is 4.39. The third kappa shape index (κ3) is 4.47. The van der Waals surface area contributed by atoms with Crippen molar-refractivity contribution in [3.8, 4) is 11.3 Å². The van der Waals surface area contributed by atoms with Crippen molar-refractivity contribution in [1.29, 1.82) is 0 Å². The summed E-state index contributed by atoms with van der Waals surface area (Å²) in [5, 5.41) is 10.1. The van der Waals surface area contributed by atoms with Crippen molar-refractivity contribution < 1.29 is 13.2 Å². The molecule has 0 amide bonds. The van der Waals surface area contributed by atoms with E-state index in [0.29, 0.717) is 23.6 Å². The predicted octanol–water partition coefficient (Wildman–Crippen LogP) is 3.92. The lowest BCUT2D eigenvalue weighted by Gasteiger charge is -2.08. The third-order valence-corrected chi connectivity index (χ3v) is 8.96. The molecule has 1 aliphatic heterocycles. The molecule has 3 heterocycles. The largest absolute Gasteiger partial charge is 0.354 e. The lowest BCUT2D eigenvalue weighted by atomic mass is 10.0. The maximum atomic E-state index is 13.4. The van der Waals surface area contributed by atoms with E-state index in [1.165, 1.54) is 11.8 Å². The third-order valence-electron chi connectivity index (χ3n) is 6.10. The number of aromatic amines is 1. The van der Waals surface area contributed by atoms with Crippen LogP contribution in [-0.4, -0.2) is 51.2 Å². The van der Waals surface area contributed by atoms with Crippen LogP contribution in [0.15, 0.2) is 59.8 Å². The van der Waals surface area contributed by atoms with Crippen molar-refractivity contribution in [2.45, 2.75) is 18.0 Å². The van der Waals surface area contributed by atoms with Gasteiger partial charge in [0, 0.05) is 24.4 Å². The van der Waals surface area contributed by atoms with Gasteiger partial charge in [0.1, 0.15) is 5.82 Å². The molecule has 9 heteroatoms. The zero-order chi connectivity index (χ0) is 23.0. The van der Waals surface area contributed by atoms with Gasteiger partial charge in [-0.15, -0.1) is 10.2 Å². The number of fused-ring (bicyclic) bond motifs is 1. The molecule has 1 atom stereocenters. The molecule has 1 aliphatic rings. The van der Waals surface area contributed by atoms with Crippen molar-refractivity contribution in [3.05, 3.63) is 66.0 Å². The van der Waals surface area contributed by atoms with Crippen LogP contribution >= 0.6 is 11.8 Å². The number of para-hydroxylation sites is 1. The summed E-state index contributed by atoms with van der Waals surface area (Å²) in [6.07, 6.45) is 1.25. The van der Waals surface area contributed by atoms with Crippen molar-refractivity contribution in [3.63, 3.8) is 0 Å². The number of thioether (sulfide) groups is 1. The molecule has 1 saturated heterocycles. The number of nitrogens with zero attached hydrogens (tertiary/aromatic N) is 3. The zero-order valence-electron chi connectivity index (χ0n) is 18.2. The first kappa shape index (κ1) is 21.9. The van der Waals surface area contributed by atoms with E-state index in [1.807, 2.05) is 66.2 Å². The summed E-state index contributed by atoms with van der Waals surface area (Å²) in [4.78, 5) is 16.8. The second kappa shape index (κ2) is 8.79. The second-order valence-corrected chi connectivity index (χ2v) is 11.6. The van der Waals surface area contributed by atoms with Gasteiger partial charge in [0.25, 0.3) is 0 Å². The maximum absolute atomic E-state index is 13.4. The number of hydrogen-bond acceptors (Lipinski definition) is 6. The molecule has 170 valence electrons. The van der Waals surface area contributed by atoms with Gasteiger partial charge in [-0.25, -0.2) is 8.42 Å². The van der Waals surface area contributed by atoms with E-state index < -0.39 is 9.84 Å². The standard InChI is InChI=1S/C24H24N4O3S2/c1-28-21(13-16-11-12-33(30,31)15-16)26-27-24(28)32-14-20(29)22-18-9-5-6-10-19(18)25-23(22)17-7-3-2-4-8-17/h2-10,16,25H,11-15H2,1H3. The Morgan fingerprint density at radius 2 is 1.88 bits per heavy atom. The van der Waals surface area contributed by atoms with Crippen LogP contribution in [0.4, 0.5) is 0 Å². The van der Waals surface area contributed by atoms with Crippen LogP contribution in [0.2, 0.25) is 0 Å². The van der Waals surface area contributed by atoms with Crippen LogP contribution in [0.5, 0.6) is 0 Å². The van der Waals surface area contributed by atoms with Gasteiger partial charge in [-0.2, -0.15) is 0 Å². The Labute approximate surface area is 196 Å². The molecule has 33 heavy (non-hydrogen) atoms. The monoisotopic (exact) mass is 480 g/mol. The van der Waals surface area contributed by atoms with Crippen LogP contribution < -0.4 is 0 Å². The van der Waals surface area contributed by atoms with Crippen LogP contribution in [0.3, 0.4) is 0 Å². The number of carbonyl (C=O) groups is 1. The fraction of sp³-hybridized carbons (Fsp3) is 0.292. The Morgan fingerprint density at radius 3 is 2.64 bits per heavy atom. The van der Waals surface area contributed by atoms with Gasteiger partial charge in [0.2, 0.25) is 0 Å². The minimum absolute atomic E-state index is 0.0164. The van der Waals surface area contributed by atoms with Gasteiger partial charge < -0.3 is 9.55 Å². The van der Waals surface area contributed by atoms with Gasteiger partial charge in [0.15, 0.2) is 20.8 Å². The number of hydrogen-bond donors (Lipinski definition) is 1. The number of nitrogens with one attached hydrogen (secondary N) is 1. The lowest BCUT2D eigenvalue weighted by Crippen LogP contribution is -2.11. The van der Waals surface area contributed by atoms with Crippen molar-refractivity contribution >= 4 is 38.3 Å². The number of H-pyrrole nitrogens is 1. The van der Waals surface area contributed by atoms with E-state index in [1.54, 1.807) is 0 Å². The minimum atomic E-state index is -2.92. The number of rotatable bonds is 7. The zero-order valence-corrected chi connectivity index (χ0v) is 19.8. The number of carbonyl (C=O) groups excluding carboxylic acids is 1. The van der Waals surface area contributed by atoms with Crippen molar-refractivity contribution in [1.82, 2.24) is 19.7 Å². The quantitative estimate of drug-likeness (QED) is 0.318. The molecule has 5 rings (SSSR count). The molecule has 2 aromatic carbocycles. The molecule has 1 unspecified atom stereocenters. The summed E-state index contributed by atoms with van der Waals surface area (Å²) in [5.74, 6) is 1.54. The molecule has 0 saturated carbocycles. The normalized spacial score (nSPS) is 17.5. The highest BCUT2D eigenvalue weighted by atomic mass is 32.2. The smallest absolute Gasteiger partial charge is 0.191 e. The molecular weight excluding hydrogens is 456 g/mol. The fourth-order valence-corrected chi connectivity index (χ4v) is 7.06. The van der Waals surface area contributed by atoms with E-state index in [-0.39, 0.29) is 29.0 Å². The molecule has 0 spiro atoms. The molecule has 4 aromatic rings. The van der Waals surface area contributed by atoms with Crippen LogP contribution in [0.25, 0.3) is 22.2 Å². The predicted molar refractivity (Wildman–Crippen MR) is 130 cm³/mol. The van der Waals surface area contributed by atoms with Gasteiger partial charge in [-0.3, -0.25) is 4.79 Å². The average Bonchev–Trinajstić information content (AvgIpc) is 3.48. The SMILES string of the molecule is Cn1c(CC2CCS(=O)(=O)C2)nnc1SCC(=O)c1c(-c2ccccc2)[nH]c2ccccc12. The van der Waals surface area contributed by atoms with Crippen molar-refractivity contribution in [2.75, 3.05) is 17.3 Å². The van der Waals surface area contributed by atoms with E-state index in [4.69, 9.17) is 0 Å². The summed E-state index contributed by atoms with van der Waals surface area (Å²) in [7, 11) is -1.06. The van der Waals surface area contributed by atoms with Crippen LogP contribution in [0, 0.1) is 5.92 Å². The second-order valence-electron chi connectivity index (χ2n) is 8.43. The Kier molecular flexibility index (Phi) is 5.84. The summed E-state index contributed by atoms with van der Waals surface area (Å²) in [5.41, 5.74) is 3.40. The summed E-state index contributed by atoms with van der Waals surface area (Å²) < 4.78 is 25.4. The molecule has 1 N–H and O–H groups in total. The number of benzene rings is 2. The summed E-state index contributed by atoms with van der Waals surface area (Å²) in [6.45, 7) is 0. The minimum Gasteiger partial charge on any atom is -0.354 e. The molecule has 0 radical (unpaired) electrons. The van der Waals surface area contributed by atoms with Crippen LogP contribution in [0.1, 0.15) is 22.6 Å². The van der Waals surface area contributed by atoms with E-state index in [0.717, 1.165) is 28.0 Å². The number of ketones is 1.